The second-order valence-corrected chi connectivity index (χ2v) is 6.95. The van der Waals surface area contributed by atoms with Crippen LogP contribution in [0.2, 0.25) is 0 Å². The van der Waals surface area contributed by atoms with Gasteiger partial charge in [-0.25, -0.2) is 9.78 Å². The molecule has 112 valence electrons. The molecule has 1 N–H and O–H groups in total. The summed E-state index contributed by atoms with van der Waals surface area (Å²) in [6, 6.07) is 5.72. The Morgan fingerprint density at radius 1 is 1.43 bits per heavy atom. The molecule has 1 aliphatic rings. The smallest absolute Gasteiger partial charge is 0.335 e. The van der Waals surface area contributed by atoms with E-state index in [9.17, 15) is 4.79 Å². The van der Waals surface area contributed by atoms with Gasteiger partial charge in [0.25, 0.3) is 0 Å². The zero-order valence-electron chi connectivity index (χ0n) is 12.9. The number of aromatic nitrogens is 2. The van der Waals surface area contributed by atoms with Crippen molar-refractivity contribution in [3.63, 3.8) is 0 Å². The van der Waals surface area contributed by atoms with Crippen molar-refractivity contribution < 1.29 is 9.90 Å². The molecule has 0 radical (unpaired) electrons. The fraction of sp³-hybridized carbons (Fsp3) is 0.529. The van der Waals surface area contributed by atoms with Gasteiger partial charge in [0.05, 0.1) is 16.6 Å². The summed E-state index contributed by atoms with van der Waals surface area (Å²) in [5, 5.41) is 9.10. The molecule has 4 nitrogen and oxygen atoms in total. The number of nitrogens with zero attached hydrogens (tertiary/aromatic N) is 2. The predicted octanol–water partition coefficient (Wildman–Crippen LogP) is 4.18. The van der Waals surface area contributed by atoms with Gasteiger partial charge in [0.15, 0.2) is 0 Å². The number of imidazole rings is 1. The highest BCUT2D eigenvalue weighted by atomic mass is 16.4. The molecule has 1 unspecified atom stereocenters. The van der Waals surface area contributed by atoms with E-state index in [4.69, 9.17) is 5.11 Å². The lowest BCUT2D eigenvalue weighted by Gasteiger charge is -2.36. The number of fused-ring (bicyclic) bond motifs is 1. The van der Waals surface area contributed by atoms with Gasteiger partial charge in [0.1, 0.15) is 5.82 Å². The monoisotopic (exact) mass is 286 g/mol. The Labute approximate surface area is 124 Å². The highest BCUT2D eigenvalue weighted by Crippen LogP contribution is 2.42. The number of carbonyl (C=O) groups is 1. The summed E-state index contributed by atoms with van der Waals surface area (Å²) in [4.78, 5) is 15.7. The van der Waals surface area contributed by atoms with Crippen molar-refractivity contribution in [1.29, 1.82) is 0 Å². The van der Waals surface area contributed by atoms with E-state index in [0.717, 1.165) is 23.3 Å². The van der Waals surface area contributed by atoms with Crippen molar-refractivity contribution in [3.05, 3.63) is 29.6 Å². The summed E-state index contributed by atoms with van der Waals surface area (Å²) in [5.41, 5.74) is 2.51. The largest absolute Gasteiger partial charge is 0.478 e. The third kappa shape index (κ3) is 2.55. The van der Waals surface area contributed by atoms with Gasteiger partial charge in [-0.3, -0.25) is 0 Å². The quantitative estimate of drug-likeness (QED) is 0.900. The minimum Gasteiger partial charge on any atom is -0.478 e. The maximum atomic E-state index is 11.1. The molecule has 1 aromatic carbocycles. The second kappa shape index (κ2) is 4.86. The van der Waals surface area contributed by atoms with Crippen LogP contribution in [0.25, 0.3) is 11.0 Å². The van der Waals surface area contributed by atoms with Crippen molar-refractivity contribution in [2.24, 2.45) is 5.41 Å². The average Bonchev–Trinajstić information content (AvgIpc) is 2.72. The van der Waals surface area contributed by atoms with E-state index in [2.05, 4.69) is 23.4 Å². The van der Waals surface area contributed by atoms with E-state index in [-0.39, 0.29) is 0 Å². The number of carboxylic acid groups (broad SMARTS) is 1. The molecular formula is C17H22N2O2. The van der Waals surface area contributed by atoms with E-state index < -0.39 is 5.97 Å². The predicted molar refractivity (Wildman–Crippen MR) is 82.7 cm³/mol. The van der Waals surface area contributed by atoms with Crippen LogP contribution in [-0.2, 0) is 0 Å². The summed E-state index contributed by atoms with van der Waals surface area (Å²) in [5.74, 6) is 0.0816. The Bertz CT molecular complexity index is 700. The average molecular weight is 286 g/mol. The minimum absolute atomic E-state index is 0.302. The van der Waals surface area contributed by atoms with Crippen molar-refractivity contribution in [2.45, 2.75) is 52.5 Å². The lowest BCUT2D eigenvalue weighted by atomic mass is 9.75. The van der Waals surface area contributed by atoms with Crippen LogP contribution in [0.4, 0.5) is 0 Å². The molecule has 1 atom stereocenters. The summed E-state index contributed by atoms with van der Waals surface area (Å²) >= 11 is 0. The molecule has 2 aromatic rings. The number of rotatable bonds is 2. The molecule has 3 rings (SSSR count). The standard InChI is InChI=1S/C17H22N2O2/c1-11-18-14-9-12(16(20)21)6-7-15(14)19(11)13-5-4-8-17(2,3)10-13/h6-7,9,13H,4-5,8,10H2,1-3H3,(H,20,21). The zero-order valence-corrected chi connectivity index (χ0v) is 12.9. The summed E-state index contributed by atoms with van der Waals surface area (Å²) < 4.78 is 2.31. The van der Waals surface area contributed by atoms with Crippen LogP contribution in [0.3, 0.4) is 0 Å². The first-order valence-electron chi connectivity index (χ1n) is 7.59. The maximum absolute atomic E-state index is 11.1. The third-order valence-electron chi connectivity index (χ3n) is 4.66. The maximum Gasteiger partial charge on any atom is 0.335 e. The van der Waals surface area contributed by atoms with Crippen LogP contribution in [0.15, 0.2) is 18.2 Å². The van der Waals surface area contributed by atoms with Gasteiger partial charge in [-0.05, 0) is 49.8 Å². The first kappa shape index (κ1) is 14.1. The molecule has 0 saturated heterocycles. The van der Waals surface area contributed by atoms with Crippen LogP contribution >= 0.6 is 0 Å². The lowest BCUT2D eigenvalue weighted by Crippen LogP contribution is -2.25. The van der Waals surface area contributed by atoms with Crippen molar-refractivity contribution in [1.82, 2.24) is 9.55 Å². The number of aryl methyl sites for hydroxylation is 1. The first-order chi connectivity index (χ1) is 9.87. The number of carboxylic acids is 1. The van der Waals surface area contributed by atoms with Crippen LogP contribution in [-0.4, -0.2) is 20.6 Å². The van der Waals surface area contributed by atoms with E-state index in [0.29, 0.717) is 17.0 Å². The Morgan fingerprint density at radius 2 is 2.19 bits per heavy atom. The van der Waals surface area contributed by atoms with Crippen LogP contribution in [0, 0.1) is 12.3 Å². The molecule has 4 heteroatoms. The molecule has 1 aliphatic carbocycles. The second-order valence-electron chi connectivity index (χ2n) is 6.95. The highest BCUT2D eigenvalue weighted by Gasteiger charge is 2.30. The molecule has 0 spiro atoms. The SMILES string of the molecule is Cc1nc2cc(C(=O)O)ccc2n1C1CCCC(C)(C)C1. The van der Waals surface area contributed by atoms with Gasteiger partial charge < -0.3 is 9.67 Å². The van der Waals surface area contributed by atoms with Crippen LogP contribution in [0.1, 0.15) is 61.8 Å². The normalized spacial score (nSPS) is 21.6. The minimum atomic E-state index is -0.900. The van der Waals surface area contributed by atoms with E-state index in [1.165, 1.54) is 19.3 Å². The highest BCUT2D eigenvalue weighted by molar-refractivity contribution is 5.92. The zero-order chi connectivity index (χ0) is 15.2. The Balaban J connectivity index is 2.06. The summed E-state index contributed by atoms with van der Waals surface area (Å²) in [6.45, 7) is 6.67. The van der Waals surface area contributed by atoms with Crippen LogP contribution in [0.5, 0.6) is 0 Å². The van der Waals surface area contributed by atoms with Gasteiger partial charge in [0, 0.05) is 6.04 Å². The van der Waals surface area contributed by atoms with E-state index in [1.54, 1.807) is 12.1 Å². The van der Waals surface area contributed by atoms with E-state index >= 15 is 0 Å². The molecule has 0 aliphatic heterocycles. The molecule has 21 heavy (non-hydrogen) atoms. The Hall–Kier alpha value is -1.84. The van der Waals surface area contributed by atoms with Crippen LogP contribution < -0.4 is 0 Å². The first-order valence-corrected chi connectivity index (χ1v) is 7.59. The number of hydrogen-bond acceptors (Lipinski definition) is 2. The molecule has 1 saturated carbocycles. The summed E-state index contributed by atoms with van der Waals surface area (Å²) in [7, 11) is 0. The summed E-state index contributed by atoms with van der Waals surface area (Å²) in [6.07, 6.45) is 4.85. The fourth-order valence-electron chi connectivity index (χ4n) is 3.69. The van der Waals surface area contributed by atoms with Crippen molar-refractivity contribution in [3.8, 4) is 0 Å². The molecule has 1 fully saturated rings. The van der Waals surface area contributed by atoms with Gasteiger partial charge in [-0.2, -0.15) is 0 Å². The molecule has 1 heterocycles. The van der Waals surface area contributed by atoms with Crippen molar-refractivity contribution in [2.75, 3.05) is 0 Å². The lowest BCUT2D eigenvalue weighted by molar-refractivity contribution is 0.0697. The molecule has 0 bridgehead atoms. The third-order valence-corrected chi connectivity index (χ3v) is 4.66. The van der Waals surface area contributed by atoms with E-state index in [1.807, 2.05) is 13.0 Å². The number of hydrogen-bond donors (Lipinski definition) is 1. The Kier molecular flexibility index (Phi) is 3.27. The van der Waals surface area contributed by atoms with Gasteiger partial charge in [0.2, 0.25) is 0 Å². The van der Waals surface area contributed by atoms with Gasteiger partial charge in [-0.15, -0.1) is 0 Å². The number of benzene rings is 1. The molecule has 1 aromatic heterocycles. The van der Waals surface area contributed by atoms with Gasteiger partial charge in [-0.1, -0.05) is 20.3 Å². The Morgan fingerprint density at radius 3 is 2.86 bits per heavy atom. The molecular weight excluding hydrogens is 264 g/mol. The molecule has 0 amide bonds. The van der Waals surface area contributed by atoms with Crippen molar-refractivity contribution >= 4 is 17.0 Å². The fourth-order valence-corrected chi connectivity index (χ4v) is 3.69. The van der Waals surface area contributed by atoms with Gasteiger partial charge >= 0.3 is 5.97 Å². The number of aromatic carboxylic acids is 1. The topological polar surface area (TPSA) is 55.1 Å².